The van der Waals surface area contributed by atoms with Gasteiger partial charge in [-0.3, -0.25) is 4.98 Å². The first-order valence-electron chi connectivity index (χ1n) is 2.74. The van der Waals surface area contributed by atoms with Gasteiger partial charge in [-0.05, 0) is 6.92 Å². The van der Waals surface area contributed by atoms with Crippen molar-refractivity contribution in [3.8, 4) is 0 Å². The molecular formula is C5H5ClN2O2S. The second kappa shape index (κ2) is 2.75. The highest BCUT2D eigenvalue weighted by Crippen LogP contribution is 2.12. The SMILES string of the molecule is Cc1nccnc1S(=O)(=O)Cl. The molecule has 0 fully saturated rings. The van der Waals surface area contributed by atoms with Crippen LogP contribution in [0.2, 0.25) is 0 Å². The molecule has 0 saturated heterocycles. The second-order valence-electron chi connectivity index (χ2n) is 1.88. The molecule has 0 atom stereocenters. The van der Waals surface area contributed by atoms with E-state index in [4.69, 9.17) is 10.7 Å². The van der Waals surface area contributed by atoms with Crippen LogP contribution in [0.3, 0.4) is 0 Å². The standard InChI is InChI=1S/C5H5ClN2O2S/c1-4-5(11(6,9)10)8-3-2-7-4/h2-3H,1H3. The molecule has 1 heterocycles. The summed E-state index contributed by atoms with van der Waals surface area (Å²) in [4.78, 5) is 7.29. The van der Waals surface area contributed by atoms with E-state index in [1.807, 2.05) is 0 Å². The Morgan fingerprint density at radius 1 is 1.36 bits per heavy atom. The fourth-order valence-electron chi connectivity index (χ4n) is 0.634. The molecule has 0 aliphatic carbocycles. The molecule has 0 spiro atoms. The van der Waals surface area contributed by atoms with Crippen LogP contribution in [0.25, 0.3) is 0 Å². The summed E-state index contributed by atoms with van der Waals surface area (Å²) in [6.45, 7) is 1.53. The van der Waals surface area contributed by atoms with Crippen molar-refractivity contribution in [3.05, 3.63) is 18.1 Å². The zero-order chi connectivity index (χ0) is 8.48. The van der Waals surface area contributed by atoms with Gasteiger partial charge in [0, 0.05) is 23.1 Å². The van der Waals surface area contributed by atoms with Crippen molar-refractivity contribution in [1.29, 1.82) is 0 Å². The molecule has 0 aliphatic rings. The minimum atomic E-state index is -3.73. The third-order valence-corrected chi connectivity index (χ3v) is 2.37. The Bertz CT molecular complexity index is 363. The predicted octanol–water partition coefficient (Wildman–Crippen LogP) is 0.713. The number of hydrogen-bond acceptors (Lipinski definition) is 4. The third-order valence-electron chi connectivity index (χ3n) is 1.07. The van der Waals surface area contributed by atoms with E-state index >= 15 is 0 Å². The largest absolute Gasteiger partial charge is 0.280 e. The van der Waals surface area contributed by atoms with Gasteiger partial charge in [0.1, 0.15) is 0 Å². The summed E-state index contributed by atoms with van der Waals surface area (Å²) in [5.41, 5.74) is 0.308. The maximum atomic E-state index is 10.7. The molecule has 4 nitrogen and oxygen atoms in total. The summed E-state index contributed by atoms with van der Waals surface area (Å²) in [6, 6.07) is 0. The molecule has 1 aromatic heterocycles. The quantitative estimate of drug-likeness (QED) is 0.615. The van der Waals surface area contributed by atoms with Gasteiger partial charge in [-0.25, -0.2) is 13.4 Å². The minimum Gasteiger partial charge on any atom is -0.257 e. The molecule has 1 rings (SSSR count). The van der Waals surface area contributed by atoms with E-state index in [9.17, 15) is 8.42 Å². The number of nitrogens with zero attached hydrogens (tertiary/aromatic N) is 2. The van der Waals surface area contributed by atoms with Crippen molar-refractivity contribution in [3.63, 3.8) is 0 Å². The van der Waals surface area contributed by atoms with Crippen LogP contribution in [0, 0.1) is 6.92 Å². The molecular weight excluding hydrogens is 188 g/mol. The summed E-state index contributed by atoms with van der Waals surface area (Å²) in [5, 5.41) is -0.179. The second-order valence-corrected chi connectivity index (χ2v) is 4.37. The van der Waals surface area contributed by atoms with Gasteiger partial charge >= 0.3 is 0 Å². The predicted molar refractivity (Wildman–Crippen MR) is 39.8 cm³/mol. The highest BCUT2D eigenvalue weighted by atomic mass is 35.7. The van der Waals surface area contributed by atoms with E-state index in [-0.39, 0.29) is 5.03 Å². The van der Waals surface area contributed by atoms with Crippen LogP contribution < -0.4 is 0 Å². The average molecular weight is 193 g/mol. The minimum absolute atomic E-state index is 0.179. The van der Waals surface area contributed by atoms with E-state index in [1.54, 1.807) is 0 Å². The van der Waals surface area contributed by atoms with E-state index in [0.717, 1.165) is 0 Å². The van der Waals surface area contributed by atoms with Crippen LogP contribution in [-0.4, -0.2) is 18.4 Å². The molecule has 0 unspecified atom stereocenters. The zero-order valence-corrected chi connectivity index (χ0v) is 7.22. The Hall–Kier alpha value is -0.680. The van der Waals surface area contributed by atoms with Crippen LogP contribution in [0.15, 0.2) is 17.4 Å². The van der Waals surface area contributed by atoms with E-state index < -0.39 is 9.05 Å². The van der Waals surface area contributed by atoms with E-state index in [2.05, 4.69) is 9.97 Å². The molecule has 0 bridgehead atoms. The Morgan fingerprint density at radius 3 is 2.27 bits per heavy atom. The highest BCUT2D eigenvalue weighted by molar-refractivity contribution is 8.13. The summed E-state index contributed by atoms with van der Waals surface area (Å²) < 4.78 is 21.4. The lowest BCUT2D eigenvalue weighted by atomic mass is 10.5. The number of aromatic nitrogens is 2. The zero-order valence-electron chi connectivity index (χ0n) is 5.65. The number of aryl methyl sites for hydroxylation is 1. The molecule has 0 amide bonds. The van der Waals surface area contributed by atoms with Gasteiger partial charge in [-0.15, -0.1) is 0 Å². The van der Waals surface area contributed by atoms with Crippen LogP contribution >= 0.6 is 10.7 Å². The Labute approximate surface area is 68.7 Å². The third kappa shape index (κ3) is 1.87. The number of hydrogen-bond donors (Lipinski definition) is 0. The average Bonchev–Trinajstić information content (AvgIpc) is 1.86. The molecule has 0 N–H and O–H groups in total. The summed E-state index contributed by atoms with van der Waals surface area (Å²) >= 11 is 0. The van der Waals surface area contributed by atoms with Crippen LogP contribution in [0.4, 0.5) is 0 Å². The fraction of sp³-hybridized carbons (Fsp3) is 0.200. The molecule has 1 aromatic rings. The molecule has 60 valence electrons. The van der Waals surface area contributed by atoms with Crippen molar-refractivity contribution < 1.29 is 8.42 Å². The van der Waals surface area contributed by atoms with Crippen molar-refractivity contribution in [1.82, 2.24) is 9.97 Å². The molecule has 0 saturated carbocycles. The first-order chi connectivity index (χ1) is 5.02. The molecule has 11 heavy (non-hydrogen) atoms. The Kier molecular flexibility index (Phi) is 2.10. The van der Waals surface area contributed by atoms with E-state index in [1.165, 1.54) is 19.3 Å². The van der Waals surface area contributed by atoms with Gasteiger partial charge in [0.15, 0.2) is 5.03 Å². The smallest absolute Gasteiger partial charge is 0.257 e. The van der Waals surface area contributed by atoms with Crippen LogP contribution in [-0.2, 0) is 9.05 Å². The van der Waals surface area contributed by atoms with Crippen molar-refractivity contribution in [2.24, 2.45) is 0 Å². The van der Waals surface area contributed by atoms with Gasteiger partial charge in [0.2, 0.25) is 0 Å². The van der Waals surface area contributed by atoms with Gasteiger partial charge < -0.3 is 0 Å². The maximum Gasteiger partial charge on any atom is 0.280 e. The van der Waals surface area contributed by atoms with Gasteiger partial charge in [-0.1, -0.05) is 0 Å². The number of rotatable bonds is 1. The van der Waals surface area contributed by atoms with Gasteiger partial charge in [0.25, 0.3) is 9.05 Å². The normalized spacial score (nSPS) is 11.5. The summed E-state index contributed by atoms with van der Waals surface area (Å²) in [5.74, 6) is 0. The Morgan fingerprint density at radius 2 is 1.91 bits per heavy atom. The first-order valence-corrected chi connectivity index (χ1v) is 5.05. The monoisotopic (exact) mass is 192 g/mol. The van der Waals surface area contributed by atoms with Gasteiger partial charge in [0.05, 0.1) is 5.69 Å². The van der Waals surface area contributed by atoms with Crippen molar-refractivity contribution in [2.45, 2.75) is 11.9 Å². The van der Waals surface area contributed by atoms with Crippen molar-refractivity contribution >= 4 is 19.7 Å². The highest BCUT2D eigenvalue weighted by Gasteiger charge is 2.14. The van der Waals surface area contributed by atoms with Crippen LogP contribution in [0.5, 0.6) is 0 Å². The lowest BCUT2D eigenvalue weighted by molar-refractivity contribution is 0.604. The topological polar surface area (TPSA) is 59.9 Å². The molecule has 6 heteroatoms. The fourth-order valence-corrected chi connectivity index (χ4v) is 1.68. The Balaban J connectivity index is 3.37. The van der Waals surface area contributed by atoms with Crippen LogP contribution in [0.1, 0.15) is 5.69 Å². The molecule has 0 radical (unpaired) electrons. The van der Waals surface area contributed by atoms with E-state index in [0.29, 0.717) is 5.69 Å². The maximum absolute atomic E-state index is 10.7. The number of halogens is 1. The molecule has 0 aromatic carbocycles. The van der Waals surface area contributed by atoms with Crippen molar-refractivity contribution in [2.75, 3.05) is 0 Å². The molecule has 0 aliphatic heterocycles. The summed E-state index contributed by atoms with van der Waals surface area (Å²) in [7, 11) is 1.30. The lowest BCUT2D eigenvalue weighted by Crippen LogP contribution is -1.99. The lowest BCUT2D eigenvalue weighted by Gasteiger charge is -1.96. The van der Waals surface area contributed by atoms with Gasteiger partial charge in [-0.2, -0.15) is 0 Å². The first kappa shape index (κ1) is 8.42. The summed E-state index contributed by atoms with van der Waals surface area (Å²) in [6.07, 6.45) is 2.68.